The molecule has 3 rings (SSSR count). The summed E-state index contributed by atoms with van der Waals surface area (Å²) >= 11 is 0. The summed E-state index contributed by atoms with van der Waals surface area (Å²) in [6.45, 7) is 6.48. The molecular formula is C20H28N2O2. The van der Waals surface area contributed by atoms with Crippen molar-refractivity contribution in [1.29, 1.82) is 0 Å². The van der Waals surface area contributed by atoms with Gasteiger partial charge in [0, 0.05) is 48.0 Å². The number of para-hydroxylation sites is 1. The minimum atomic E-state index is 0.000662. The highest BCUT2D eigenvalue weighted by atomic mass is 16.5. The van der Waals surface area contributed by atoms with Crippen LogP contribution in [0.4, 0.5) is 0 Å². The lowest BCUT2D eigenvalue weighted by atomic mass is 9.58. The van der Waals surface area contributed by atoms with Gasteiger partial charge in [-0.15, -0.1) is 0 Å². The van der Waals surface area contributed by atoms with Crippen molar-refractivity contribution in [3.8, 4) is 0 Å². The number of rotatable bonds is 6. The average Bonchev–Trinajstić information content (AvgIpc) is 2.96. The summed E-state index contributed by atoms with van der Waals surface area (Å²) in [4.78, 5) is 15.6. The molecule has 1 aromatic heterocycles. The van der Waals surface area contributed by atoms with Crippen molar-refractivity contribution >= 4 is 16.8 Å². The summed E-state index contributed by atoms with van der Waals surface area (Å²) in [5.74, 6) is 0.511. The molecule has 2 aromatic rings. The van der Waals surface area contributed by atoms with Crippen molar-refractivity contribution in [3.05, 3.63) is 36.0 Å². The number of aryl methyl sites for hydroxylation is 1. The molecule has 1 heterocycles. The summed E-state index contributed by atoms with van der Waals surface area (Å²) in [5.41, 5.74) is 2.45. The van der Waals surface area contributed by atoms with Gasteiger partial charge in [-0.2, -0.15) is 0 Å². The Morgan fingerprint density at radius 2 is 2.08 bits per heavy atom. The highest BCUT2D eigenvalue weighted by Crippen LogP contribution is 2.46. The highest BCUT2D eigenvalue weighted by Gasteiger charge is 2.55. The monoisotopic (exact) mass is 328 g/mol. The van der Waals surface area contributed by atoms with Crippen molar-refractivity contribution in [2.45, 2.75) is 52.2 Å². The molecular weight excluding hydrogens is 300 g/mol. The Morgan fingerprint density at radius 1 is 1.33 bits per heavy atom. The van der Waals surface area contributed by atoms with Crippen LogP contribution in [-0.2, 0) is 16.0 Å². The number of hydrogen-bond acceptors (Lipinski definition) is 2. The van der Waals surface area contributed by atoms with Crippen molar-refractivity contribution in [2.75, 3.05) is 7.11 Å². The fraction of sp³-hybridized carbons (Fsp3) is 0.550. The van der Waals surface area contributed by atoms with E-state index in [1.807, 2.05) is 6.07 Å². The van der Waals surface area contributed by atoms with Crippen LogP contribution in [0.3, 0.4) is 0 Å². The van der Waals surface area contributed by atoms with Crippen LogP contribution in [-0.4, -0.2) is 30.1 Å². The Kier molecular flexibility index (Phi) is 4.68. The van der Waals surface area contributed by atoms with Crippen molar-refractivity contribution < 1.29 is 9.53 Å². The second-order valence-corrected chi connectivity index (χ2v) is 7.60. The van der Waals surface area contributed by atoms with E-state index in [1.165, 1.54) is 10.9 Å². The van der Waals surface area contributed by atoms with Crippen LogP contribution in [0.1, 0.15) is 39.2 Å². The molecule has 0 bridgehead atoms. The molecule has 1 aliphatic rings. The van der Waals surface area contributed by atoms with E-state index in [1.54, 1.807) is 7.11 Å². The first kappa shape index (κ1) is 17.0. The molecule has 130 valence electrons. The molecule has 3 atom stereocenters. The van der Waals surface area contributed by atoms with Gasteiger partial charge < -0.3 is 15.0 Å². The lowest BCUT2D eigenvalue weighted by Gasteiger charge is -2.56. The molecule has 1 aromatic carbocycles. The zero-order chi connectivity index (χ0) is 17.3. The van der Waals surface area contributed by atoms with Gasteiger partial charge in [-0.25, -0.2) is 0 Å². The zero-order valence-electron chi connectivity index (χ0n) is 15.1. The Labute approximate surface area is 144 Å². The molecule has 0 aliphatic heterocycles. The van der Waals surface area contributed by atoms with E-state index in [0.29, 0.717) is 12.3 Å². The van der Waals surface area contributed by atoms with Gasteiger partial charge in [0.05, 0.1) is 6.10 Å². The van der Waals surface area contributed by atoms with E-state index in [0.717, 1.165) is 18.4 Å². The third kappa shape index (κ3) is 2.95. The first-order valence-corrected chi connectivity index (χ1v) is 8.82. The first-order valence-electron chi connectivity index (χ1n) is 8.82. The van der Waals surface area contributed by atoms with Crippen LogP contribution in [0.15, 0.2) is 30.5 Å². The van der Waals surface area contributed by atoms with Gasteiger partial charge in [0.2, 0.25) is 5.91 Å². The minimum Gasteiger partial charge on any atom is -0.380 e. The fourth-order valence-corrected chi connectivity index (χ4v) is 4.45. The number of aromatic amines is 1. The normalized spacial score (nSPS) is 25.4. The molecule has 0 saturated heterocycles. The van der Waals surface area contributed by atoms with Crippen molar-refractivity contribution in [2.24, 2.45) is 11.3 Å². The molecule has 1 amide bonds. The van der Waals surface area contributed by atoms with E-state index in [4.69, 9.17) is 4.74 Å². The lowest BCUT2D eigenvalue weighted by molar-refractivity contribution is -0.154. The summed E-state index contributed by atoms with van der Waals surface area (Å²) in [6.07, 6.45) is 4.62. The number of ether oxygens (including phenoxy) is 1. The number of aromatic nitrogens is 1. The number of fused-ring (bicyclic) bond motifs is 1. The molecule has 1 saturated carbocycles. The number of carbonyl (C=O) groups excluding carboxylic acids is 1. The second-order valence-electron chi connectivity index (χ2n) is 7.60. The van der Waals surface area contributed by atoms with Gasteiger partial charge in [-0.05, 0) is 24.5 Å². The number of nitrogens with one attached hydrogen (secondary N) is 2. The predicted molar refractivity (Wildman–Crippen MR) is 96.9 cm³/mol. The largest absolute Gasteiger partial charge is 0.380 e. The number of carbonyl (C=O) groups is 1. The maximum atomic E-state index is 12.3. The van der Waals surface area contributed by atoms with Gasteiger partial charge in [0.1, 0.15) is 0 Å². The molecule has 4 heteroatoms. The molecule has 0 spiro atoms. The van der Waals surface area contributed by atoms with Crippen LogP contribution in [0.2, 0.25) is 0 Å². The van der Waals surface area contributed by atoms with Gasteiger partial charge in [0.15, 0.2) is 0 Å². The molecule has 1 fully saturated rings. The van der Waals surface area contributed by atoms with E-state index in [2.05, 4.69) is 55.5 Å². The summed E-state index contributed by atoms with van der Waals surface area (Å²) < 4.78 is 5.54. The van der Waals surface area contributed by atoms with Gasteiger partial charge >= 0.3 is 0 Å². The number of hydrogen-bond donors (Lipinski definition) is 2. The third-order valence-electron chi connectivity index (χ3n) is 5.63. The highest BCUT2D eigenvalue weighted by molar-refractivity contribution is 5.83. The van der Waals surface area contributed by atoms with Gasteiger partial charge in [-0.3, -0.25) is 4.79 Å². The van der Waals surface area contributed by atoms with E-state index < -0.39 is 0 Å². The summed E-state index contributed by atoms with van der Waals surface area (Å²) in [7, 11) is 1.75. The Hall–Kier alpha value is -1.81. The fourth-order valence-electron chi connectivity index (χ4n) is 4.45. The lowest BCUT2D eigenvalue weighted by Crippen LogP contribution is -2.67. The Morgan fingerprint density at radius 3 is 2.79 bits per heavy atom. The number of H-pyrrole nitrogens is 1. The maximum Gasteiger partial charge on any atom is 0.220 e. The molecule has 0 radical (unpaired) electrons. The summed E-state index contributed by atoms with van der Waals surface area (Å²) in [5, 5.41) is 4.47. The Balaban J connectivity index is 1.50. The quantitative estimate of drug-likeness (QED) is 0.850. The van der Waals surface area contributed by atoms with Crippen LogP contribution < -0.4 is 5.32 Å². The standard InChI is InChI=1S/C20H28N2O2/c1-13-18(20(2,3)19(13)24-4)22-17(23)11-7-8-14-12-21-16-10-6-5-9-15(14)16/h5-6,9-10,12-13,18-19,21H,7-8,11H2,1-4H3,(H,22,23)/t13-,18-,19+/m0/s1. The van der Waals surface area contributed by atoms with E-state index >= 15 is 0 Å². The zero-order valence-corrected chi connectivity index (χ0v) is 15.1. The van der Waals surface area contributed by atoms with Crippen molar-refractivity contribution in [1.82, 2.24) is 10.3 Å². The third-order valence-corrected chi connectivity index (χ3v) is 5.63. The molecule has 2 N–H and O–H groups in total. The van der Waals surface area contributed by atoms with Crippen LogP contribution in [0, 0.1) is 11.3 Å². The maximum absolute atomic E-state index is 12.3. The molecule has 1 aliphatic carbocycles. The van der Waals surface area contributed by atoms with Crippen LogP contribution in [0.5, 0.6) is 0 Å². The molecule has 4 nitrogen and oxygen atoms in total. The molecule has 24 heavy (non-hydrogen) atoms. The summed E-state index contributed by atoms with van der Waals surface area (Å²) in [6, 6.07) is 8.49. The van der Waals surface area contributed by atoms with E-state index in [-0.39, 0.29) is 23.5 Å². The van der Waals surface area contributed by atoms with E-state index in [9.17, 15) is 4.79 Å². The van der Waals surface area contributed by atoms with Crippen molar-refractivity contribution in [3.63, 3.8) is 0 Å². The minimum absolute atomic E-state index is 0.000662. The number of benzene rings is 1. The first-order chi connectivity index (χ1) is 11.4. The smallest absolute Gasteiger partial charge is 0.220 e. The predicted octanol–water partition coefficient (Wildman–Crippen LogP) is 3.67. The average molecular weight is 328 g/mol. The second kappa shape index (κ2) is 6.60. The Bertz CT molecular complexity index is 719. The van der Waals surface area contributed by atoms with Gasteiger partial charge in [0.25, 0.3) is 0 Å². The SMILES string of the molecule is CO[C@@H]1[C@@H](C)[C@H](NC(=O)CCCc2c[nH]c3ccccc23)C1(C)C. The van der Waals surface area contributed by atoms with Crippen LogP contribution in [0.25, 0.3) is 10.9 Å². The number of methoxy groups -OCH3 is 1. The molecule has 0 unspecified atom stereocenters. The van der Waals surface area contributed by atoms with Crippen LogP contribution >= 0.6 is 0 Å². The number of amides is 1. The topological polar surface area (TPSA) is 54.1 Å². The van der Waals surface area contributed by atoms with Gasteiger partial charge in [-0.1, -0.05) is 39.0 Å².